The fourth-order valence-corrected chi connectivity index (χ4v) is 3.88. The normalized spacial score (nSPS) is 12.9. The Labute approximate surface area is 120 Å². The van der Waals surface area contributed by atoms with E-state index in [-0.39, 0.29) is 6.04 Å². The Morgan fingerprint density at radius 1 is 1.37 bits per heavy atom. The molecule has 0 amide bonds. The van der Waals surface area contributed by atoms with Crippen LogP contribution >= 0.6 is 22.7 Å². The first-order valence-electron chi connectivity index (χ1n) is 6.12. The van der Waals surface area contributed by atoms with Crippen LogP contribution in [0.2, 0.25) is 0 Å². The van der Waals surface area contributed by atoms with E-state index in [4.69, 9.17) is 5.84 Å². The third-order valence-electron chi connectivity index (χ3n) is 3.07. The molecule has 0 fully saturated rings. The van der Waals surface area contributed by atoms with Crippen molar-refractivity contribution < 1.29 is 0 Å². The number of hydrogen-bond donors (Lipinski definition) is 2. The van der Waals surface area contributed by atoms with Crippen LogP contribution in [0.1, 0.15) is 21.6 Å². The number of nitrogens with zero attached hydrogens (tertiary/aromatic N) is 1. The Bertz CT molecular complexity index is 654. The number of nitrogens with two attached hydrogens (primary N) is 1. The standard InChI is InChI=1S/C14H15N3S2/c1-9-16-11(8-18-9)7-12(17-15)14-6-10-4-2-3-5-13(10)19-14/h2-6,8,12,17H,7,15H2,1H3. The highest BCUT2D eigenvalue weighted by atomic mass is 32.1. The summed E-state index contributed by atoms with van der Waals surface area (Å²) in [7, 11) is 0. The fourth-order valence-electron chi connectivity index (χ4n) is 2.13. The third-order valence-corrected chi connectivity index (χ3v) is 5.12. The lowest BCUT2D eigenvalue weighted by Gasteiger charge is -2.12. The second-order valence-electron chi connectivity index (χ2n) is 4.47. The summed E-state index contributed by atoms with van der Waals surface area (Å²) >= 11 is 3.47. The summed E-state index contributed by atoms with van der Waals surface area (Å²) < 4.78 is 1.30. The maximum atomic E-state index is 5.71. The minimum atomic E-state index is 0.124. The number of aromatic nitrogens is 1. The molecule has 98 valence electrons. The predicted octanol–water partition coefficient (Wildman–Crippen LogP) is 3.41. The van der Waals surface area contributed by atoms with E-state index >= 15 is 0 Å². The van der Waals surface area contributed by atoms with Gasteiger partial charge < -0.3 is 0 Å². The Kier molecular flexibility index (Phi) is 3.61. The summed E-state index contributed by atoms with van der Waals surface area (Å²) in [4.78, 5) is 5.76. The maximum Gasteiger partial charge on any atom is 0.0897 e. The van der Waals surface area contributed by atoms with Crippen molar-refractivity contribution in [2.45, 2.75) is 19.4 Å². The first-order chi connectivity index (χ1) is 9.26. The number of hydrazine groups is 1. The minimum absolute atomic E-state index is 0.124. The summed E-state index contributed by atoms with van der Waals surface area (Å²) in [5.74, 6) is 5.71. The van der Waals surface area contributed by atoms with Gasteiger partial charge in [0.2, 0.25) is 0 Å². The van der Waals surface area contributed by atoms with E-state index in [2.05, 4.69) is 46.1 Å². The van der Waals surface area contributed by atoms with E-state index in [1.165, 1.54) is 15.0 Å². The second-order valence-corrected chi connectivity index (χ2v) is 6.65. The van der Waals surface area contributed by atoms with Crippen LogP contribution in [0.25, 0.3) is 10.1 Å². The molecule has 1 atom stereocenters. The van der Waals surface area contributed by atoms with Gasteiger partial charge in [0.1, 0.15) is 0 Å². The van der Waals surface area contributed by atoms with Crippen molar-refractivity contribution in [2.24, 2.45) is 5.84 Å². The van der Waals surface area contributed by atoms with Crippen LogP contribution in [0.15, 0.2) is 35.7 Å². The van der Waals surface area contributed by atoms with Crippen LogP contribution in [0.5, 0.6) is 0 Å². The summed E-state index contributed by atoms with van der Waals surface area (Å²) in [6.07, 6.45) is 0.827. The molecule has 19 heavy (non-hydrogen) atoms. The monoisotopic (exact) mass is 289 g/mol. The number of thiophene rings is 1. The van der Waals surface area contributed by atoms with Crippen molar-refractivity contribution >= 4 is 32.8 Å². The molecule has 5 heteroatoms. The van der Waals surface area contributed by atoms with Gasteiger partial charge in [-0.1, -0.05) is 18.2 Å². The largest absolute Gasteiger partial charge is 0.271 e. The Hall–Kier alpha value is -1.27. The lowest BCUT2D eigenvalue weighted by Crippen LogP contribution is -2.29. The quantitative estimate of drug-likeness (QED) is 0.571. The number of benzene rings is 1. The molecule has 3 nitrogen and oxygen atoms in total. The van der Waals surface area contributed by atoms with Crippen molar-refractivity contribution in [1.82, 2.24) is 10.4 Å². The second kappa shape index (κ2) is 5.38. The van der Waals surface area contributed by atoms with E-state index in [9.17, 15) is 0 Å². The molecule has 0 aliphatic carbocycles. The summed E-state index contributed by atoms with van der Waals surface area (Å²) in [6, 6.07) is 10.7. The van der Waals surface area contributed by atoms with Gasteiger partial charge in [-0.25, -0.2) is 4.98 Å². The zero-order valence-corrected chi connectivity index (χ0v) is 12.2. The average Bonchev–Trinajstić information content (AvgIpc) is 3.01. The minimum Gasteiger partial charge on any atom is -0.271 e. The molecule has 3 aromatic rings. The van der Waals surface area contributed by atoms with Gasteiger partial charge in [0.15, 0.2) is 0 Å². The number of hydrogen-bond acceptors (Lipinski definition) is 5. The molecule has 0 aliphatic heterocycles. The van der Waals surface area contributed by atoms with E-state index in [1.54, 1.807) is 22.7 Å². The maximum absolute atomic E-state index is 5.71. The number of fused-ring (bicyclic) bond motifs is 1. The smallest absolute Gasteiger partial charge is 0.0897 e. The molecule has 2 aromatic heterocycles. The molecule has 1 aromatic carbocycles. The van der Waals surface area contributed by atoms with Gasteiger partial charge in [0, 0.05) is 21.4 Å². The van der Waals surface area contributed by atoms with Gasteiger partial charge in [0.25, 0.3) is 0 Å². The molecule has 0 saturated carbocycles. The van der Waals surface area contributed by atoms with Crippen LogP contribution < -0.4 is 11.3 Å². The average molecular weight is 289 g/mol. The summed E-state index contributed by atoms with van der Waals surface area (Å²) in [5, 5.41) is 4.48. The molecule has 0 aliphatic rings. The number of nitrogens with one attached hydrogen (secondary N) is 1. The Balaban J connectivity index is 1.88. The van der Waals surface area contributed by atoms with Crippen molar-refractivity contribution in [3.8, 4) is 0 Å². The van der Waals surface area contributed by atoms with Crippen LogP contribution in [0, 0.1) is 6.92 Å². The van der Waals surface area contributed by atoms with Crippen LogP contribution in [-0.4, -0.2) is 4.98 Å². The van der Waals surface area contributed by atoms with Gasteiger partial charge in [0.05, 0.1) is 16.7 Å². The van der Waals surface area contributed by atoms with E-state index in [0.29, 0.717) is 0 Å². The zero-order chi connectivity index (χ0) is 13.2. The Morgan fingerprint density at radius 2 is 2.21 bits per heavy atom. The molecule has 3 N–H and O–H groups in total. The van der Waals surface area contributed by atoms with E-state index < -0.39 is 0 Å². The third kappa shape index (κ3) is 2.69. The van der Waals surface area contributed by atoms with E-state index in [1.807, 2.05) is 6.92 Å². The molecule has 2 heterocycles. The highest BCUT2D eigenvalue weighted by Gasteiger charge is 2.15. The number of rotatable bonds is 4. The predicted molar refractivity (Wildman–Crippen MR) is 82.4 cm³/mol. The van der Waals surface area contributed by atoms with Crippen LogP contribution in [0.3, 0.4) is 0 Å². The van der Waals surface area contributed by atoms with Gasteiger partial charge in [-0.05, 0) is 24.4 Å². The van der Waals surface area contributed by atoms with Gasteiger partial charge in [-0.15, -0.1) is 22.7 Å². The molecule has 0 bridgehead atoms. The molecule has 0 radical (unpaired) electrons. The summed E-state index contributed by atoms with van der Waals surface area (Å²) in [5.41, 5.74) is 4.01. The van der Waals surface area contributed by atoms with Crippen molar-refractivity contribution in [3.63, 3.8) is 0 Å². The fraction of sp³-hybridized carbons (Fsp3) is 0.214. The molecule has 1 unspecified atom stereocenters. The highest BCUT2D eigenvalue weighted by molar-refractivity contribution is 7.19. The first-order valence-corrected chi connectivity index (χ1v) is 7.81. The van der Waals surface area contributed by atoms with Gasteiger partial charge in [-0.3, -0.25) is 11.3 Å². The van der Waals surface area contributed by atoms with Gasteiger partial charge in [-0.2, -0.15) is 0 Å². The van der Waals surface area contributed by atoms with Crippen LogP contribution in [-0.2, 0) is 6.42 Å². The first kappa shape index (κ1) is 12.7. The lowest BCUT2D eigenvalue weighted by molar-refractivity contribution is 0.555. The van der Waals surface area contributed by atoms with E-state index in [0.717, 1.165) is 17.1 Å². The zero-order valence-electron chi connectivity index (χ0n) is 10.6. The Morgan fingerprint density at radius 3 is 2.89 bits per heavy atom. The number of thiazole rings is 1. The SMILES string of the molecule is Cc1nc(CC(NN)c2cc3ccccc3s2)cs1. The van der Waals surface area contributed by atoms with Crippen molar-refractivity contribution in [3.05, 3.63) is 51.3 Å². The van der Waals surface area contributed by atoms with Gasteiger partial charge >= 0.3 is 0 Å². The molecule has 0 saturated heterocycles. The molecular weight excluding hydrogens is 274 g/mol. The molecular formula is C14H15N3S2. The highest BCUT2D eigenvalue weighted by Crippen LogP contribution is 2.31. The summed E-state index contributed by atoms with van der Waals surface area (Å²) in [6.45, 7) is 2.03. The molecule has 3 rings (SSSR count). The van der Waals surface area contributed by atoms with Crippen molar-refractivity contribution in [1.29, 1.82) is 0 Å². The van der Waals surface area contributed by atoms with Crippen LogP contribution in [0.4, 0.5) is 0 Å². The lowest BCUT2D eigenvalue weighted by atomic mass is 10.1. The topological polar surface area (TPSA) is 50.9 Å². The number of aryl methyl sites for hydroxylation is 1. The van der Waals surface area contributed by atoms with Crippen molar-refractivity contribution in [2.75, 3.05) is 0 Å². The molecule has 0 spiro atoms.